The zero-order chi connectivity index (χ0) is 8.81. The van der Waals surface area contributed by atoms with Crippen molar-refractivity contribution < 1.29 is 15.7 Å². The predicted octanol–water partition coefficient (Wildman–Crippen LogP) is -0.526. The van der Waals surface area contributed by atoms with Crippen molar-refractivity contribution >= 4 is 13.3 Å². The Morgan fingerprint density at radius 1 is 1.29 bits per heavy atom. The van der Waals surface area contributed by atoms with E-state index in [0.717, 1.165) is 18.8 Å². The van der Waals surface area contributed by atoms with E-state index in [1.54, 1.807) is 0 Å². The van der Waals surface area contributed by atoms with Crippen LogP contribution in [0.5, 0.6) is 5.75 Å². The van der Waals surface area contributed by atoms with Crippen LogP contribution in [0, 0.1) is 0 Å². The molecule has 0 bridgehead atoms. The summed E-state index contributed by atoms with van der Waals surface area (Å²) in [4.78, 5) is 0. The van der Waals surface area contributed by atoms with Crippen molar-refractivity contribution in [3.63, 3.8) is 0 Å². The summed E-state index contributed by atoms with van der Waals surface area (Å²) in [6.45, 7) is 3.00. The van der Waals surface area contributed by atoms with Crippen molar-refractivity contribution in [1.29, 1.82) is 0 Å². The monoisotopic (exact) mass is 198 g/mol. The SMILES string of the molecule is Bc1cccc(OCCCC)c1.O.O. The van der Waals surface area contributed by atoms with Gasteiger partial charge in [0.15, 0.2) is 0 Å². The van der Waals surface area contributed by atoms with Crippen molar-refractivity contribution in [2.24, 2.45) is 0 Å². The van der Waals surface area contributed by atoms with Gasteiger partial charge in [-0.3, -0.25) is 0 Å². The Morgan fingerprint density at radius 3 is 2.57 bits per heavy atom. The Labute approximate surface area is 86.1 Å². The third-order valence-corrected chi connectivity index (χ3v) is 1.76. The lowest BCUT2D eigenvalue weighted by Gasteiger charge is -2.05. The largest absolute Gasteiger partial charge is 0.494 e. The lowest BCUT2D eigenvalue weighted by Crippen LogP contribution is -2.03. The van der Waals surface area contributed by atoms with E-state index in [0.29, 0.717) is 0 Å². The Morgan fingerprint density at radius 2 is 2.00 bits per heavy atom. The molecule has 0 amide bonds. The van der Waals surface area contributed by atoms with E-state index in [2.05, 4.69) is 26.9 Å². The van der Waals surface area contributed by atoms with E-state index in [-0.39, 0.29) is 11.0 Å². The zero-order valence-electron chi connectivity index (χ0n) is 8.84. The van der Waals surface area contributed by atoms with E-state index in [1.807, 2.05) is 12.1 Å². The van der Waals surface area contributed by atoms with E-state index in [4.69, 9.17) is 4.74 Å². The second-order valence-electron chi connectivity index (χ2n) is 3.02. The first-order valence-corrected chi connectivity index (χ1v) is 4.52. The highest BCUT2D eigenvalue weighted by Gasteiger charge is 1.91. The first-order chi connectivity index (χ1) is 5.83. The van der Waals surface area contributed by atoms with Crippen LogP contribution in [0.3, 0.4) is 0 Å². The van der Waals surface area contributed by atoms with Crippen LogP contribution in [0.4, 0.5) is 0 Å². The molecule has 4 N–H and O–H groups in total. The summed E-state index contributed by atoms with van der Waals surface area (Å²) in [5.74, 6) is 0.989. The van der Waals surface area contributed by atoms with Crippen LogP contribution in [0.25, 0.3) is 0 Å². The Hall–Kier alpha value is -0.995. The lowest BCUT2D eigenvalue weighted by molar-refractivity contribution is 0.309. The molecule has 3 nitrogen and oxygen atoms in total. The van der Waals surface area contributed by atoms with Gasteiger partial charge in [-0.2, -0.15) is 0 Å². The Bertz CT molecular complexity index is 241. The van der Waals surface area contributed by atoms with Crippen molar-refractivity contribution in [2.75, 3.05) is 6.61 Å². The molecule has 0 heterocycles. The molecule has 1 aromatic rings. The lowest BCUT2D eigenvalue weighted by atomic mass is 9.96. The number of ether oxygens (including phenoxy) is 1. The van der Waals surface area contributed by atoms with Gasteiger partial charge >= 0.3 is 0 Å². The van der Waals surface area contributed by atoms with Gasteiger partial charge in [0.2, 0.25) is 0 Å². The number of benzene rings is 1. The normalized spacial score (nSPS) is 8.36. The number of rotatable bonds is 4. The smallest absolute Gasteiger partial charge is 0.139 e. The molecule has 0 radical (unpaired) electrons. The second kappa shape index (κ2) is 8.60. The fourth-order valence-electron chi connectivity index (χ4n) is 1.04. The van der Waals surface area contributed by atoms with E-state index < -0.39 is 0 Å². The molecule has 0 saturated carbocycles. The number of hydrogen-bond acceptors (Lipinski definition) is 1. The standard InChI is InChI=1S/C10H15BO.2H2O/c1-2-3-7-12-10-6-4-5-9(11)8-10;;/h4-6,8H,2-3,7,11H2,1H3;2*1H2. The quantitative estimate of drug-likeness (QED) is 0.473. The maximum absolute atomic E-state index is 5.53. The van der Waals surface area contributed by atoms with Gasteiger partial charge < -0.3 is 15.7 Å². The van der Waals surface area contributed by atoms with Gasteiger partial charge in [0.1, 0.15) is 13.6 Å². The minimum Gasteiger partial charge on any atom is -0.494 e. The van der Waals surface area contributed by atoms with Crippen LogP contribution in [0.15, 0.2) is 24.3 Å². The van der Waals surface area contributed by atoms with E-state index >= 15 is 0 Å². The van der Waals surface area contributed by atoms with Crippen LogP contribution in [-0.4, -0.2) is 25.4 Å². The van der Waals surface area contributed by atoms with Crippen LogP contribution >= 0.6 is 0 Å². The molecule has 80 valence electrons. The average molecular weight is 198 g/mol. The number of unbranched alkanes of at least 4 members (excludes halogenated alkanes) is 1. The topological polar surface area (TPSA) is 72.2 Å². The first kappa shape index (κ1) is 15.5. The summed E-state index contributed by atoms with van der Waals surface area (Å²) >= 11 is 0. The molecule has 1 rings (SSSR count). The van der Waals surface area contributed by atoms with E-state index in [9.17, 15) is 0 Å². The molecule has 0 unspecified atom stereocenters. The zero-order valence-corrected chi connectivity index (χ0v) is 8.84. The Balaban J connectivity index is 0. The second-order valence-corrected chi connectivity index (χ2v) is 3.02. The summed E-state index contributed by atoms with van der Waals surface area (Å²) in [6, 6.07) is 8.17. The predicted molar refractivity (Wildman–Crippen MR) is 62.3 cm³/mol. The summed E-state index contributed by atoms with van der Waals surface area (Å²) in [5.41, 5.74) is 1.25. The molecule has 0 fully saturated rings. The van der Waals surface area contributed by atoms with Crippen LogP contribution in [0.2, 0.25) is 0 Å². The highest BCUT2D eigenvalue weighted by atomic mass is 16.5. The maximum atomic E-state index is 5.53. The molecule has 4 heteroatoms. The van der Waals surface area contributed by atoms with Gasteiger partial charge in [0.25, 0.3) is 0 Å². The highest BCUT2D eigenvalue weighted by molar-refractivity contribution is 6.32. The van der Waals surface area contributed by atoms with Gasteiger partial charge in [-0.05, 0) is 18.6 Å². The molecule has 0 aliphatic carbocycles. The Kier molecular flexibility index (Phi) is 9.50. The minimum atomic E-state index is 0. The van der Waals surface area contributed by atoms with Crippen LogP contribution in [-0.2, 0) is 0 Å². The van der Waals surface area contributed by atoms with E-state index in [1.165, 1.54) is 11.9 Å². The van der Waals surface area contributed by atoms with Crippen molar-refractivity contribution in [3.8, 4) is 5.75 Å². The molecule has 0 spiro atoms. The van der Waals surface area contributed by atoms with Crippen molar-refractivity contribution in [2.45, 2.75) is 19.8 Å². The van der Waals surface area contributed by atoms with Gasteiger partial charge in [0, 0.05) is 0 Å². The molecular formula is C10H19BO3. The fraction of sp³-hybridized carbons (Fsp3) is 0.400. The molecule has 0 atom stereocenters. The maximum Gasteiger partial charge on any atom is 0.139 e. The molecule has 14 heavy (non-hydrogen) atoms. The molecule has 0 aliphatic heterocycles. The minimum absolute atomic E-state index is 0. The van der Waals surface area contributed by atoms with Gasteiger partial charge in [-0.1, -0.05) is 30.9 Å². The van der Waals surface area contributed by atoms with Crippen LogP contribution in [0.1, 0.15) is 19.8 Å². The fourth-order valence-corrected chi connectivity index (χ4v) is 1.04. The summed E-state index contributed by atoms with van der Waals surface area (Å²) < 4.78 is 5.53. The van der Waals surface area contributed by atoms with Gasteiger partial charge in [0.05, 0.1) is 6.61 Å². The molecule has 1 aromatic carbocycles. The van der Waals surface area contributed by atoms with Crippen LogP contribution < -0.4 is 10.2 Å². The molecule has 0 saturated heterocycles. The molecule has 0 aliphatic rings. The van der Waals surface area contributed by atoms with Gasteiger partial charge in [-0.15, -0.1) is 0 Å². The average Bonchev–Trinajstić information content (AvgIpc) is 2.05. The number of hydrogen-bond donors (Lipinski definition) is 0. The molecular weight excluding hydrogens is 179 g/mol. The summed E-state index contributed by atoms with van der Waals surface area (Å²) in [7, 11) is 2.08. The first-order valence-electron chi connectivity index (χ1n) is 4.52. The summed E-state index contributed by atoms with van der Waals surface area (Å²) in [5, 5.41) is 0. The third-order valence-electron chi connectivity index (χ3n) is 1.76. The van der Waals surface area contributed by atoms with Gasteiger partial charge in [-0.25, -0.2) is 0 Å². The van der Waals surface area contributed by atoms with Crippen molar-refractivity contribution in [1.82, 2.24) is 0 Å². The molecule has 0 aromatic heterocycles. The third kappa shape index (κ3) is 5.62. The van der Waals surface area contributed by atoms with Crippen molar-refractivity contribution in [3.05, 3.63) is 24.3 Å². The highest BCUT2D eigenvalue weighted by Crippen LogP contribution is 2.06. The summed E-state index contributed by atoms with van der Waals surface area (Å²) in [6.07, 6.45) is 2.32.